The minimum absolute atomic E-state index is 0.0214. The van der Waals surface area contributed by atoms with Crippen molar-refractivity contribution < 1.29 is 4.79 Å². The number of rotatable bonds is 4. The molecule has 0 radical (unpaired) electrons. The van der Waals surface area contributed by atoms with Crippen molar-refractivity contribution in [3.05, 3.63) is 101 Å². The molecule has 0 aromatic heterocycles. The molecule has 2 nitrogen and oxygen atoms in total. The van der Waals surface area contributed by atoms with Gasteiger partial charge in [-0.25, -0.2) is 0 Å². The first-order valence-electron chi connectivity index (χ1n) is 7.68. The summed E-state index contributed by atoms with van der Waals surface area (Å²) in [6, 6.07) is 23.5. The van der Waals surface area contributed by atoms with E-state index < -0.39 is 0 Å². The number of nitrogen functional groups attached to an aromatic ring is 1. The molecule has 0 unspecified atom stereocenters. The fourth-order valence-corrected chi connectivity index (χ4v) is 2.73. The lowest BCUT2D eigenvalue weighted by molar-refractivity contribution is 0.103. The second-order valence-electron chi connectivity index (χ2n) is 5.73. The molecule has 3 aromatic carbocycles. The largest absolute Gasteiger partial charge is 0.398 e. The Labute approximate surface area is 136 Å². The number of ketones is 1. The number of carbonyl (C=O) groups is 1. The summed E-state index contributed by atoms with van der Waals surface area (Å²) in [4.78, 5) is 12.7. The van der Waals surface area contributed by atoms with Gasteiger partial charge in [-0.05, 0) is 42.2 Å². The summed E-state index contributed by atoms with van der Waals surface area (Å²) in [5, 5.41) is 0. The van der Waals surface area contributed by atoms with Crippen LogP contribution in [0.1, 0.15) is 32.6 Å². The van der Waals surface area contributed by atoms with Gasteiger partial charge in [0.05, 0.1) is 0 Å². The zero-order valence-corrected chi connectivity index (χ0v) is 13.1. The lowest BCUT2D eigenvalue weighted by Gasteiger charge is -2.09. The normalized spacial score (nSPS) is 10.5. The molecule has 114 valence electrons. The van der Waals surface area contributed by atoms with Crippen LogP contribution in [0.3, 0.4) is 0 Å². The molecule has 0 aliphatic carbocycles. The van der Waals surface area contributed by atoms with E-state index in [1.54, 1.807) is 0 Å². The monoisotopic (exact) mass is 301 g/mol. The van der Waals surface area contributed by atoms with Gasteiger partial charge in [-0.15, -0.1) is 0 Å². The highest BCUT2D eigenvalue weighted by molar-refractivity contribution is 6.12. The van der Waals surface area contributed by atoms with Crippen molar-refractivity contribution in [2.75, 3.05) is 5.73 Å². The molecule has 0 atom stereocenters. The van der Waals surface area contributed by atoms with E-state index in [9.17, 15) is 4.79 Å². The second-order valence-corrected chi connectivity index (χ2v) is 5.73. The van der Waals surface area contributed by atoms with Gasteiger partial charge in [-0.3, -0.25) is 4.79 Å². The third-order valence-electron chi connectivity index (χ3n) is 4.00. The Morgan fingerprint density at radius 2 is 1.52 bits per heavy atom. The number of hydrogen-bond acceptors (Lipinski definition) is 2. The van der Waals surface area contributed by atoms with Crippen LogP contribution >= 0.6 is 0 Å². The zero-order chi connectivity index (χ0) is 16.2. The predicted octanol–water partition coefficient (Wildman–Crippen LogP) is 4.40. The highest BCUT2D eigenvalue weighted by Crippen LogP contribution is 2.21. The Morgan fingerprint density at radius 3 is 2.22 bits per heavy atom. The first-order chi connectivity index (χ1) is 11.1. The molecule has 3 aromatic rings. The molecule has 0 bridgehead atoms. The number of hydrogen-bond donors (Lipinski definition) is 1. The maximum Gasteiger partial charge on any atom is 0.195 e. The summed E-state index contributed by atoms with van der Waals surface area (Å²) < 4.78 is 0. The molecular formula is C21H19NO. The van der Waals surface area contributed by atoms with Gasteiger partial charge in [0.25, 0.3) is 0 Å². The Bertz CT molecular complexity index is 837. The van der Waals surface area contributed by atoms with Gasteiger partial charge in [-0.2, -0.15) is 0 Å². The summed E-state index contributed by atoms with van der Waals surface area (Å²) in [7, 11) is 0. The molecule has 0 heterocycles. The molecular weight excluding hydrogens is 282 g/mol. The molecule has 0 saturated heterocycles. The molecule has 0 fully saturated rings. The molecule has 2 heteroatoms. The molecule has 0 spiro atoms. The van der Waals surface area contributed by atoms with E-state index in [0.29, 0.717) is 16.8 Å². The number of aryl methyl sites for hydroxylation is 1. The molecule has 0 aliphatic rings. The Balaban J connectivity index is 1.88. The Kier molecular flexibility index (Phi) is 4.24. The zero-order valence-electron chi connectivity index (χ0n) is 13.1. The van der Waals surface area contributed by atoms with Crippen molar-refractivity contribution in [3.8, 4) is 0 Å². The van der Waals surface area contributed by atoms with Crippen LogP contribution in [-0.4, -0.2) is 5.78 Å². The third-order valence-corrected chi connectivity index (χ3v) is 4.00. The van der Waals surface area contributed by atoms with Crippen LogP contribution in [0.5, 0.6) is 0 Å². The first-order valence-corrected chi connectivity index (χ1v) is 7.68. The van der Waals surface area contributed by atoms with Crippen LogP contribution < -0.4 is 5.73 Å². The van der Waals surface area contributed by atoms with Crippen molar-refractivity contribution in [1.82, 2.24) is 0 Å². The van der Waals surface area contributed by atoms with Crippen LogP contribution in [0.25, 0.3) is 0 Å². The fourth-order valence-electron chi connectivity index (χ4n) is 2.73. The average molecular weight is 301 g/mol. The van der Waals surface area contributed by atoms with Crippen LogP contribution in [0, 0.1) is 6.92 Å². The van der Waals surface area contributed by atoms with Crippen LogP contribution in [0.4, 0.5) is 5.69 Å². The van der Waals surface area contributed by atoms with E-state index >= 15 is 0 Å². The summed E-state index contributed by atoms with van der Waals surface area (Å²) in [6.45, 7) is 1.94. The van der Waals surface area contributed by atoms with Gasteiger partial charge >= 0.3 is 0 Å². The SMILES string of the molecule is Cc1ccccc1C(=O)c1ccc(Cc2ccccc2)cc1N. The average Bonchev–Trinajstić information content (AvgIpc) is 2.56. The first kappa shape index (κ1) is 15.0. The van der Waals surface area contributed by atoms with Crippen LogP contribution in [-0.2, 0) is 6.42 Å². The van der Waals surface area contributed by atoms with E-state index in [1.165, 1.54) is 5.56 Å². The van der Waals surface area contributed by atoms with Gasteiger partial charge in [-0.1, -0.05) is 60.7 Å². The van der Waals surface area contributed by atoms with Crippen molar-refractivity contribution in [3.63, 3.8) is 0 Å². The molecule has 0 saturated carbocycles. The summed E-state index contributed by atoms with van der Waals surface area (Å²) in [5.41, 5.74) is 11.2. The maximum absolute atomic E-state index is 12.7. The fraction of sp³-hybridized carbons (Fsp3) is 0.0952. The quantitative estimate of drug-likeness (QED) is 0.573. The van der Waals surface area contributed by atoms with Gasteiger partial charge in [0, 0.05) is 16.8 Å². The summed E-state index contributed by atoms with van der Waals surface area (Å²) in [6.07, 6.45) is 0.809. The van der Waals surface area contributed by atoms with Crippen molar-refractivity contribution >= 4 is 11.5 Å². The van der Waals surface area contributed by atoms with Crippen LogP contribution in [0.2, 0.25) is 0 Å². The van der Waals surface area contributed by atoms with Crippen molar-refractivity contribution in [1.29, 1.82) is 0 Å². The molecule has 23 heavy (non-hydrogen) atoms. The molecule has 2 N–H and O–H groups in total. The van der Waals surface area contributed by atoms with Crippen molar-refractivity contribution in [2.45, 2.75) is 13.3 Å². The van der Waals surface area contributed by atoms with Gasteiger partial charge in [0.2, 0.25) is 0 Å². The smallest absolute Gasteiger partial charge is 0.195 e. The summed E-state index contributed by atoms with van der Waals surface area (Å²) >= 11 is 0. The van der Waals surface area contributed by atoms with E-state index in [1.807, 2.05) is 67.6 Å². The standard InChI is InChI=1S/C21H19NO/c1-15-7-5-6-10-18(15)21(23)19-12-11-17(14-20(19)22)13-16-8-3-2-4-9-16/h2-12,14H,13,22H2,1H3. The molecule has 0 amide bonds. The predicted molar refractivity (Wildman–Crippen MR) is 94.7 cm³/mol. The maximum atomic E-state index is 12.7. The van der Waals surface area contributed by atoms with Crippen molar-refractivity contribution in [2.24, 2.45) is 0 Å². The minimum Gasteiger partial charge on any atom is -0.398 e. The van der Waals surface area contributed by atoms with Gasteiger partial charge in [0.15, 0.2) is 5.78 Å². The lowest BCUT2D eigenvalue weighted by atomic mass is 9.95. The Hall–Kier alpha value is -2.87. The minimum atomic E-state index is -0.0214. The third kappa shape index (κ3) is 3.32. The van der Waals surface area contributed by atoms with Crippen LogP contribution in [0.15, 0.2) is 72.8 Å². The summed E-state index contributed by atoms with van der Waals surface area (Å²) in [5.74, 6) is -0.0214. The molecule has 3 rings (SSSR count). The van der Waals surface area contributed by atoms with Gasteiger partial charge < -0.3 is 5.73 Å². The number of nitrogens with two attached hydrogens (primary N) is 1. The topological polar surface area (TPSA) is 43.1 Å². The van der Waals surface area contributed by atoms with Gasteiger partial charge in [0.1, 0.15) is 0 Å². The highest BCUT2D eigenvalue weighted by Gasteiger charge is 2.14. The number of carbonyl (C=O) groups excluding carboxylic acids is 1. The van der Waals surface area contributed by atoms with E-state index in [2.05, 4.69) is 12.1 Å². The second kappa shape index (κ2) is 6.49. The number of anilines is 1. The van der Waals surface area contributed by atoms with E-state index in [4.69, 9.17) is 5.73 Å². The highest BCUT2D eigenvalue weighted by atomic mass is 16.1. The van der Waals surface area contributed by atoms with E-state index in [0.717, 1.165) is 17.5 Å². The Morgan fingerprint density at radius 1 is 0.826 bits per heavy atom. The molecule has 0 aliphatic heterocycles. The number of benzene rings is 3. The van der Waals surface area contributed by atoms with E-state index in [-0.39, 0.29) is 5.78 Å². The lowest BCUT2D eigenvalue weighted by Crippen LogP contribution is -2.07.